The number of amides is 1. The van der Waals surface area contributed by atoms with Crippen molar-refractivity contribution in [3.63, 3.8) is 0 Å². The molecule has 0 unspecified atom stereocenters. The number of piperidine rings is 1. The third-order valence-corrected chi connectivity index (χ3v) is 6.37. The number of aromatic nitrogens is 4. The number of aryl methyl sites for hydroxylation is 1. The summed E-state index contributed by atoms with van der Waals surface area (Å²) in [6.07, 6.45) is 18.0. The maximum absolute atomic E-state index is 12.6. The van der Waals surface area contributed by atoms with E-state index in [1.165, 1.54) is 6.33 Å². The van der Waals surface area contributed by atoms with Gasteiger partial charge >= 0.3 is 6.09 Å². The van der Waals surface area contributed by atoms with Crippen LogP contribution in [-0.2, 0) is 11.2 Å². The zero-order valence-corrected chi connectivity index (χ0v) is 20.3. The Kier molecular flexibility index (Phi) is 7.24. The van der Waals surface area contributed by atoms with Gasteiger partial charge in [-0.05, 0) is 49.6 Å². The highest BCUT2D eigenvalue weighted by Gasteiger charge is 2.26. The summed E-state index contributed by atoms with van der Waals surface area (Å²) in [5.41, 5.74) is 5.69. The Morgan fingerprint density at radius 2 is 2.03 bits per heavy atom. The number of ether oxygens (including phenoxy) is 2. The van der Waals surface area contributed by atoms with Gasteiger partial charge in [-0.15, -0.1) is 5.73 Å². The molecule has 0 radical (unpaired) electrons. The lowest BCUT2D eigenvalue weighted by atomic mass is 10.1. The number of hydrogen-bond donors (Lipinski definition) is 0. The summed E-state index contributed by atoms with van der Waals surface area (Å²) in [5.74, 6) is 1.25. The van der Waals surface area contributed by atoms with Gasteiger partial charge in [-0.25, -0.2) is 14.8 Å². The molecule has 3 aromatic heterocycles. The monoisotopic (exact) mass is 483 g/mol. The predicted molar refractivity (Wildman–Crippen MR) is 137 cm³/mol. The predicted octanol–water partition coefficient (Wildman–Crippen LogP) is 5.55. The van der Waals surface area contributed by atoms with E-state index >= 15 is 0 Å². The Labute approximate surface area is 210 Å². The Morgan fingerprint density at radius 1 is 1.14 bits per heavy atom. The smallest absolute Gasteiger partial charge is 0.410 e. The Hall–Kier alpha value is -4.16. The largest absolute Gasteiger partial charge is 0.444 e. The summed E-state index contributed by atoms with van der Waals surface area (Å²) < 4.78 is 13.9. The quantitative estimate of drug-likeness (QED) is 0.410. The molecule has 1 amide bonds. The molecule has 1 fully saturated rings. The minimum absolute atomic E-state index is 0.215. The summed E-state index contributed by atoms with van der Waals surface area (Å²) >= 11 is 0. The highest BCUT2D eigenvalue weighted by atomic mass is 16.6. The molecule has 5 rings (SSSR count). The number of carbonyl (C=O) groups excluding carboxylic acids is 1. The number of nitrogens with zero attached hydrogens (tertiary/aromatic N) is 5. The maximum atomic E-state index is 12.6. The number of carbonyl (C=O) groups is 1. The molecule has 0 atom stereocenters. The highest BCUT2D eigenvalue weighted by molar-refractivity contribution is 5.81. The van der Waals surface area contributed by atoms with Crippen LogP contribution in [0.25, 0.3) is 11.0 Å². The molecule has 1 saturated heterocycles. The molecule has 2 aliphatic rings. The van der Waals surface area contributed by atoms with E-state index in [0.717, 1.165) is 53.7 Å². The summed E-state index contributed by atoms with van der Waals surface area (Å²) in [7, 11) is 0. The fraction of sp³-hybridized carbons (Fsp3) is 0.321. The van der Waals surface area contributed by atoms with Gasteiger partial charge in [0.2, 0.25) is 5.88 Å². The number of rotatable bonds is 7. The first-order chi connectivity index (χ1) is 17.7. The molecule has 184 valence electrons. The molecule has 3 aromatic rings. The van der Waals surface area contributed by atoms with Gasteiger partial charge in [0.25, 0.3) is 0 Å². The van der Waals surface area contributed by atoms with Crippen molar-refractivity contribution in [3.05, 3.63) is 84.3 Å². The molecule has 8 heteroatoms. The average Bonchev–Trinajstić information content (AvgIpc) is 3.17. The Morgan fingerprint density at radius 3 is 2.89 bits per heavy atom. The first kappa shape index (κ1) is 23.6. The van der Waals surface area contributed by atoms with Gasteiger partial charge < -0.3 is 18.9 Å². The van der Waals surface area contributed by atoms with Crippen molar-refractivity contribution < 1.29 is 14.3 Å². The lowest BCUT2D eigenvalue weighted by Gasteiger charge is -2.32. The Bertz CT molecular complexity index is 1360. The zero-order valence-electron chi connectivity index (χ0n) is 20.3. The van der Waals surface area contributed by atoms with Gasteiger partial charge in [-0.1, -0.05) is 31.6 Å². The van der Waals surface area contributed by atoms with Crippen molar-refractivity contribution in [2.75, 3.05) is 19.7 Å². The molecule has 1 aliphatic carbocycles. The second-order valence-electron chi connectivity index (χ2n) is 8.79. The molecular formula is C28H29N5O3. The molecule has 1 aliphatic heterocycles. The van der Waals surface area contributed by atoms with Crippen LogP contribution in [0.4, 0.5) is 4.79 Å². The van der Waals surface area contributed by atoms with Crippen molar-refractivity contribution in [1.82, 2.24) is 24.4 Å². The van der Waals surface area contributed by atoms with Gasteiger partial charge in [0.05, 0.1) is 11.1 Å². The number of allylic oxidation sites excluding steroid dienone is 3. The number of fused-ring (bicyclic) bond motifs is 1. The van der Waals surface area contributed by atoms with E-state index in [4.69, 9.17) is 9.47 Å². The lowest BCUT2D eigenvalue weighted by Crippen LogP contribution is -2.39. The standard InChI is InChI=1S/C28H29N5O3/c1-2-8-24-25(11-7-15-29-24)36-27-23-14-18-33(26(23)30-20-31-27)22-12-16-32(17-13-22)28(34)35-19-21-9-5-3-4-6-10-21/h3-7,9,11,14-15,18,20,22H,2,8,12-13,16-17,19H2,1H3. The molecule has 0 spiro atoms. The van der Waals surface area contributed by atoms with Gasteiger partial charge in [-0.3, -0.25) is 4.98 Å². The molecule has 0 N–H and O–H groups in total. The van der Waals surface area contributed by atoms with E-state index in [1.807, 2.05) is 54.8 Å². The minimum Gasteiger partial charge on any atom is -0.444 e. The Balaban J connectivity index is 1.24. The van der Waals surface area contributed by atoms with Gasteiger partial charge in [0.15, 0.2) is 5.75 Å². The van der Waals surface area contributed by atoms with Crippen molar-refractivity contribution in [1.29, 1.82) is 0 Å². The average molecular weight is 484 g/mol. The van der Waals surface area contributed by atoms with E-state index in [1.54, 1.807) is 11.1 Å². The van der Waals surface area contributed by atoms with Crippen molar-refractivity contribution in [3.8, 4) is 11.6 Å². The third kappa shape index (κ3) is 5.24. The lowest BCUT2D eigenvalue weighted by molar-refractivity contribution is 0.0962. The number of pyridine rings is 1. The molecular weight excluding hydrogens is 454 g/mol. The second kappa shape index (κ2) is 11.1. The number of likely N-dealkylation sites (tertiary alicyclic amines) is 1. The molecule has 0 saturated carbocycles. The third-order valence-electron chi connectivity index (χ3n) is 6.37. The van der Waals surface area contributed by atoms with Crippen LogP contribution in [0.3, 0.4) is 0 Å². The highest BCUT2D eigenvalue weighted by Crippen LogP contribution is 2.32. The van der Waals surface area contributed by atoms with Gasteiger partial charge in [0.1, 0.15) is 18.6 Å². The molecule has 0 bridgehead atoms. The fourth-order valence-corrected chi connectivity index (χ4v) is 4.51. The van der Waals surface area contributed by atoms with Crippen LogP contribution in [0.15, 0.2) is 78.6 Å². The summed E-state index contributed by atoms with van der Waals surface area (Å²) in [5, 5.41) is 0.859. The first-order valence-electron chi connectivity index (χ1n) is 12.4. The normalized spacial score (nSPS) is 15.7. The first-order valence-corrected chi connectivity index (χ1v) is 12.4. The SMILES string of the molecule is CCCc1ncccc1Oc1ncnc2c1ccn2C1CCN(C(=O)OCC2=C=CC=CC=C2)CC1. The van der Waals surface area contributed by atoms with Crippen LogP contribution in [0.1, 0.15) is 37.9 Å². The van der Waals surface area contributed by atoms with Crippen molar-refractivity contribution in [2.24, 2.45) is 0 Å². The molecule has 0 aromatic carbocycles. The van der Waals surface area contributed by atoms with Crippen LogP contribution < -0.4 is 4.74 Å². The summed E-state index contributed by atoms with van der Waals surface area (Å²) in [6.45, 7) is 3.58. The van der Waals surface area contributed by atoms with E-state index in [2.05, 4.69) is 32.2 Å². The topological polar surface area (TPSA) is 82.4 Å². The second-order valence-corrected chi connectivity index (χ2v) is 8.79. The molecule has 4 heterocycles. The van der Waals surface area contributed by atoms with Gasteiger partial charge in [-0.2, -0.15) is 0 Å². The van der Waals surface area contributed by atoms with Crippen LogP contribution in [-0.4, -0.2) is 50.2 Å². The summed E-state index contributed by atoms with van der Waals surface area (Å²) in [4.78, 5) is 27.8. The van der Waals surface area contributed by atoms with Gasteiger partial charge in [0, 0.05) is 37.1 Å². The van der Waals surface area contributed by atoms with E-state index in [-0.39, 0.29) is 18.7 Å². The van der Waals surface area contributed by atoms with Crippen LogP contribution in [0, 0.1) is 0 Å². The summed E-state index contributed by atoms with van der Waals surface area (Å²) in [6, 6.07) is 6.02. The van der Waals surface area contributed by atoms with Crippen LogP contribution >= 0.6 is 0 Å². The fourth-order valence-electron chi connectivity index (χ4n) is 4.51. The van der Waals surface area contributed by atoms with Crippen molar-refractivity contribution >= 4 is 17.1 Å². The maximum Gasteiger partial charge on any atom is 0.410 e. The van der Waals surface area contributed by atoms with Crippen LogP contribution in [0.2, 0.25) is 0 Å². The number of hydrogen-bond acceptors (Lipinski definition) is 6. The zero-order chi connectivity index (χ0) is 24.7. The van der Waals surface area contributed by atoms with Crippen molar-refractivity contribution in [2.45, 2.75) is 38.6 Å². The van der Waals surface area contributed by atoms with E-state index in [9.17, 15) is 4.79 Å². The minimum atomic E-state index is -0.289. The molecule has 36 heavy (non-hydrogen) atoms. The van der Waals surface area contributed by atoms with E-state index in [0.29, 0.717) is 19.0 Å². The van der Waals surface area contributed by atoms with E-state index < -0.39 is 0 Å². The molecule has 8 nitrogen and oxygen atoms in total. The van der Waals surface area contributed by atoms with Crippen LogP contribution in [0.5, 0.6) is 11.6 Å².